The van der Waals surface area contributed by atoms with Crippen LogP contribution in [0, 0.1) is 11.6 Å². The van der Waals surface area contributed by atoms with Crippen molar-refractivity contribution in [3.63, 3.8) is 0 Å². The normalized spacial score (nSPS) is 12.4. The van der Waals surface area contributed by atoms with Crippen molar-refractivity contribution in [3.05, 3.63) is 63.9 Å². The standard InChI is InChI=1S/C13H10BrF2NO/c14-9-3-2-6-17-13(9)12(18)7-8-10(15)4-1-5-11(8)16/h1-6,12,18H,7H2. The van der Waals surface area contributed by atoms with Crippen molar-refractivity contribution in [3.8, 4) is 0 Å². The molecule has 1 aromatic carbocycles. The van der Waals surface area contributed by atoms with Crippen molar-refractivity contribution in [2.24, 2.45) is 0 Å². The van der Waals surface area contributed by atoms with Crippen molar-refractivity contribution < 1.29 is 13.9 Å². The fourth-order valence-corrected chi connectivity index (χ4v) is 2.18. The number of hydrogen-bond acceptors (Lipinski definition) is 2. The first-order valence-corrected chi connectivity index (χ1v) is 6.10. The zero-order valence-electron chi connectivity index (χ0n) is 9.28. The lowest BCUT2D eigenvalue weighted by atomic mass is 10.0. The summed E-state index contributed by atoms with van der Waals surface area (Å²) in [6.07, 6.45) is 0.293. The fourth-order valence-electron chi connectivity index (χ4n) is 1.66. The van der Waals surface area contributed by atoms with Crippen LogP contribution >= 0.6 is 15.9 Å². The number of rotatable bonds is 3. The highest BCUT2D eigenvalue weighted by atomic mass is 79.9. The van der Waals surface area contributed by atoms with Crippen molar-refractivity contribution >= 4 is 15.9 Å². The SMILES string of the molecule is OC(Cc1c(F)cccc1F)c1ncccc1Br. The topological polar surface area (TPSA) is 33.1 Å². The first-order valence-electron chi connectivity index (χ1n) is 5.31. The smallest absolute Gasteiger partial charge is 0.129 e. The second kappa shape index (κ2) is 5.54. The minimum Gasteiger partial charge on any atom is -0.386 e. The molecule has 1 unspecified atom stereocenters. The summed E-state index contributed by atoms with van der Waals surface area (Å²) in [6, 6.07) is 7.03. The average molecular weight is 314 g/mol. The lowest BCUT2D eigenvalue weighted by Crippen LogP contribution is -2.08. The maximum absolute atomic E-state index is 13.4. The fraction of sp³-hybridized carbons (Fsp3) is 0.154. The molecule has 1 heterocycles. The molecule has 0 fully saturated rings. The van der Waals surface area contributed by atoms with Gasteiger partial charge in [-0.05, 0) is 40.2 Å². The van der Waals surface area contributed by atoms with Crippen LogP contribution in [0.25, 0.3) is 0 Å². The highest BCUT2D eigenvalue weighted by Gasteiger charge is 2.17. The Kier molecular flexibility index (Phi) is 4.04. The number of aliphatic hydroxyl groups is 1. The number of aromatic nitrogens is 1. The molecule has 1 atom stereocenters. The van der Waals surface area contributed by atoms with E-state index >= 15 is 0 Å². The third-order valence-electron chi connectivity index (χ3n) is 2.56. The Morgan fingerprint density at radius 1 is 1.17 bits per heavy atom. The maximum atomic E-state index is 13.4. The van der Waals surface area contributed by atoms with Gasteiger partial charge in [0, 0.05) is 22.7 Å². The molecule has 0 amide bonds. The first-order chi connectivity index (χ1) is 8.59. The van der Waals surface area contributed by atoms with Crippen molar-refractivity contribution in [2.75, 3.05) is 0 Å². The summed E-state index contributed by atoms with van der Waals surface area (Å²) < 4.78 is 27.5. The van der Waals surface area contributed by atoms with Gasteiger partial charge in [-0.2, -0.15) is 0 Å². The predicted molar refractivity (Wildman–Crippen MR) is 67.0 cm³/mol. The third kappa shape index (κ3) is 2.73. The molecule has 1 aromatic heterocycles. The number of nitrogens with zero attached hydrogens (tertiary/aromatic N) is 1. The van der Waals surface area contributed by atoms with E-state index in [0.717, 1.165) is 0 Å². The van der Waals surface area contributed by atoms with Gasteiger partial charge in [-0.3, -0.25) is 4.98 Å². The Balaban J connectivity index is 2.27. The molecule has 0 bridgehead atoms. The largest absolute Gasteiger partial charge is 0.386 e. The van der Waals surface area contributed by atoms with Crippen LogP contribution in [0.4, 0.5) is 8.78 Å². The van der Waals surface area contributed by atoms with Crippen molar-refractivity contribution in [1.82, 2.24) is 4.98 Å². The molecule has 0 saturated carbocycles. The van der Waals surface area contributed by atoms with Crippen LogP contribution in [0.5, 0.6) is 0 Å². The molecule has 2 rings (SSSR count). The second-order valence-electron chi connectivity index (χ2n) is 3.79. The number of aliphatic hydroxyl groups excluding tert-OH is 1. The van der Waals surface area contributed by atoms with E-state index in [1.807, 2.05) is 0 Å². The molecule has 2 aromatic rings. The van der Waals surface area contributed by atoms with Gasteiger partial charge < -0.3 is 5.11 Å². The number of benzene rings is 1. The highest BCUT2D eigenvalue weighted by molar-refractivity contribution is 9.10. The molecule has 18 heavy (non-hydrogen) atoms. The van der Waals surface area contributed by atoms with Crippen LogP contribution in [0.15, 0.2) is 41.0 Å². The summed E-state index contributed by atoms with van der Waals surface area (Å²) in [4.78, 5) is 3.99. The number of halogens is 3. The quantitative estimate of drug-likeness (QED) is 0.942. The van der Waals surface area contributed by atoms with Crippen LogP contribution in [-0.2, 0) is 6.42 Å². The molecule has 2 nitrogen and oxygen atoms in total. The van der Waals surface area contributed by atoms with E-state index in [1.54, 1.807) is 12.1 Å². The highest BCUT2D eigenvalue weighted by Crippen LogP contribution is 2.25. The van der Waals surface area contributed by atoms with Gasteiger partial charge in [0.05, 0.1) is 5.69 Å². The molecule has 0 aliphatic rings. The van der Waals surface area contributed by atoms with E-state index < -0.39 is 17.7 Å². The Bertz CT molecular complexity index is 542. The van der Waals surface area contributed by atoms with Gasteiger partial charge in [0.1, 0.15) is 17.7 Å². The Labute approximate surface area is 111 Å². The minimum absolute atomic E-state index is 0.137. The molecule has 5 heteroatoms. The van der Waals surface area contributed by atoms with Crippen LogP contribution in [0.2, 0.25) is 0 Å². The molecule has 1 N–H and O–H groups in total. The lowest BCUT2D eigenvalue weighted by molar-refractivity contribution is 0.170. The molecule has 0 aliphatic carbocycles. The Morgan fingerprint density at radius 2 is 1.83 bits per heavy atom. The van der Waals surface area contributed by atoms with Gasteiger partial charge in [-0.25, -0.2) is 8.78 Å². The molecular formula is C13H10BrF2NO. The van der Waals surface area contributed by atoms with E-state index in [1.165, 1.54) is 24.4 Å². The van der Waals surface area contributed by atoms with Gasteiger partial charge in [0.2, 0.25) is 0 Å². The summed E-state index contributed by atoms with van der Waals surface area (Å²) in [7, 11) is 0. The van der Waals surface area contributed by atoms with Crippen LogP contribution < -0.4 is 0 Å². The van der Waals surface area contributed by atoms with Gasteiger partial charge in [0.25, 0.3) is 0 Å². The maximum Gasteiger partial charge on any atom is 0.129 e. The van der Waals surface area contributed by atoms with Crippen molar-refractivity contribution in [2.45, 2.75) is 12.5 Å². The Morgan fingerprint density at radius 3 is 2.44 bits per heavy atom. The average Bonchev–Trinajstić information content (AvgIpc) is 2.34. The van der Waals surface area contributed by atoms with Gasteiger partial charge in [-0.1, -0.05) is 6.07 Å². The summed E-state index contributed by atoms with van der Waals surface area (Å²) >= 11 is 3.24. The van der Waals surface area contributed by atoms with Crippen LogP contribution in [0.1, 0.15) is 17.4 Å². The summed E-state index contributed by atoms with van der Waals surface area (Å²) in [6.45, 7) is 0. The van der Waals surface area contributed by atoms with E-state index in [2.05, 4.69) is 20.9 Å². The van der Waals surface area contributed by atoms with Crippen LogP contribution in [0.3, 0.4) is 0 Å². The second-order valence-corrected chi connectivity index (χ2v) is 4.64. The monoisotopic (exact) mass is 313 g/mol. The van der Waals surface area contributed by atoms with Gasteiger partial charge in [-0.15, -0.1) is 0 Å². The molecule has 94 valence electrons. The van der Waals surface area contributed by atoms with Crippen molar-refractivity contribution in [1.29, 1.82) is 0 Å². The summed E-state index contributed by atoms with van der Waals surface area (Å²) in [5.41, 5.74) is 0.225. The number of hydrogen-bond donors (Lipinski definition) is 1. The number of pyridine rings is 1. The zero-order chi connectivity index (χ0) is 13.1. The molecule has 0 aliphatic heterocycles. The van der Waals surface area contributed by atoms with Gasteiger partial charge in [0.15, 0.2) is 0 Å². The van der Waals surface area contributed by atoms with Gasteiger partial charge >= 0.3 is 0 Å². The zero-order valence-corrected chi connectivity index (χ0v) is 10.9. The molecule has 0 saturated heterocycles. The lowest BCUT2D eigenvalue weighted by Gasteiger charge is -2.12. The Hall–Kier alpha value is -1.33. The summed E-state index contributed by atoms with van der Waals surface area (Å²) in [5, 5.41) is 9.98. The van der Waals surface area contributed by atoms with E-state index in [9.17, 15) is 13.9 Å². The van der Waals surface area contributed by atoms with Crippen LogP contribution in [-0.4, -0.2) is 10.1 Å². The minimum atomic E-state index is -1.06. The first kappa shape index (κ1) is 13.1. The third-order valence-corrected chi connectivity index (χ3v) is 3.23. The molecular weight excluding hydrogens is 304 g/mol. The predicted octanol–water partition coefficient (Wildman–Crippen LogP) is 3.40. The molecule has 0 spiro atoms. The molecule has 0 radical (unpaired) electrons. The van der Waals surface area contributed by atoms with E-state index in [0.29, 0.717) is 10.2 Å². The van der Waals surface area contributed by atoms with E-state index in [-0.39, 0.29) is 12.0 Å². The summed E-state index contributed by atoms with van der Waals surface area (Å²) in [5.74, 6) is -1.33. The van der Waals surface area contributed by atoms with E-state index in [4.69, 9.17) is 0 Å².